The van der Waals surface area contributed by atoms with Gasteiger partial charge < -0.3 is 4.74 Å². The van der Waals surface area contributed by atoms with E-state index in [0.29, 0.717) is 17.9 Å². The number of halogens is 2. The van der Waals surface area contributed by atoms with Gasteiger partial charge in [-0.25, -0.2) is 0 Å². The minimum Gasteiger partial charge on any atom is -0.466 e. The summed E-state index contributed by atoms with van der Waals surface area (Å²) >= 11 is 12.0. The van der Waals surface area contributed by atoms with Crippen molar-refractivity contribution in [3.8, 4) is 0 Å². The highest BCUT2D eigenvalue weighted by atomic mass is 35.5. The number of hydrogen-bond acceptors (Lipinski definition) is 2. The van der Waals surface area contributed by atoms with Crippen LogP contribution in [0.15, 0.2) is 18.2 Å². The van der Waals surface area contributed by atoms with Gasteiger partial charge in [-0.3, -0.25) is 4.79 Å². The molecule has 0 N–H and O–H groups in total. The maximum Gasteiger partial charge on any atom is 0.293 e. The van der Waals surface area contributed by atoms with Gasteiger partial charge in [0.2, 0.25) is 0 Å². The van der Waals surface area contributed by atoms with Gasteiger partial charge in [0.05, 0.1) is 5.38 Å². The Morgan fingerprint density at radius 2 is 2.27 bits per heavy atom. The van der Waals surface area contributed by atoms with Crippen LogP contribution in [0, 0.1) is 6.92 Å². The molecule has 0 bridgehead atoms. The number of hydrogen-bond donors (Lipinski definition) is 0. The normalized spacial score (nSPS) is 12.2. The van der Waals surface area contributed by atoms with Gasteiger partial charge in [-0.05, 0) is 30.5 Å². The largest absolute Gasteiger partial charge is 0.466 e. The SMILES string of the molecule is Cc1cccc(Cl)c1CC(Cl)COC=O. The number of ether oxygens (including phenoxy) is 1. The second-order valence-corrected chi connectivity index (χ2v) is 4.29. The molecule has 0 saturated carbocycles. The molecule has 0 heterocycles. The Labute approximate surface area is 99.1 Å². The van der Waals surface area contributed by atoms with Gasteiger partial charge in [0.25, 0.3) is 6.47 Å². The minimum atomic E-state index is -0.242. The summed E-state index contributed by atoms with van der Waals surface area (Å²) < 4.78 is 4.59. The number of aryl methyl sites for hydroxylation is 1. The Morgan fingerprint density at radius 3 is 2.87 bits per heavy atom. The Kier molecular flexibility index (Phi) is 4.92. The molecule has 1 aromatic rings. The Hall–Kier alpha value is -0.730. The number of carbonyl (C=O) groups is 1. The van der Waals surface area contributed by atoms with E-state index in [1.165, 1.54) is 0 Å². The predicted octanol–water partition coefficient (Wildman–Crippen LogP) is 2.97. The van der Waals surface area contributed by atoms with Gasteiger partial charge in [0.1, 0.15) is 6.61 Å². The van der Waals surface area contributed by atoms with Crippen molar-refractivity contribution in [3.05, 3.63) is 34.3 Å². The van der Waals surface area contributed by atoms with Gasteiger partial charge >= 0.3 is 0 Å². The molecular formula is C11H12Cl2O2. The van der Waals surface area contributed by atoms with Crippen LogP contribution in [-0.4, -0.2) is 18.5 Å². The lowest BCUT2D eigenvalue weighted by molar-refractivity contribution is -0.128. The van der Waals surface area contributed by atoms with Crippen LogP contribution in [0.25, 0.3) is 0 Å². The van der Waals surface area contributed by atoms with Gasteiger partial charge in [-0.2, -0.15) is 0 Å². The Morgan fingerprint density at radius 1 is 1.53 bits per heavy atom. The third-order valence-electron chi connectivity index (χ3n) is 2.12. The summed E-state index contributed by atoms with van der Waals surface area (Å²) in [6, 6.07) is 5.70. The van der Waals surface area contributed by atoms with Crippen molar-refractivity contribution in [1.82, 2.24) is 0 Å². The van der Waals surface area contributed by atoms with Gasteiger partial charge in [-0.15, -0.1) is 11.6 Å². The highest BCUT2D eigenvalue weighted by Gasteiger charge is 2.11. The Bertz CT molecular complexity index is 319. The molecule has 1 atom stereocenters. The first kappa shape index (κ1) is 12.3. The monoisotopic (exact) mass is 246 g/mol. The summed E-state index contributed by atoms with van der Waals surface area (Å²) in [5, 5.41) is 0.459. The summed E-state index contributed by atoms with van der Waals surface area (Å²) in [5.41, 5.74) is 2.10. The smallest absolute Gasteiger partial charge is 0.293 e. The fraction of sp³-hybridized carbons (Fsp3) is 0.364. The van der Waals surface area contributed by atoms with Crippen molar-refractivity contribution >= 4 is 29.7 Å². The maximum atomic E-state index is 9.99. The van der Waals surface area contributed by atoms with Crippen LogP contribution in [0.1, 0.15) is 11.1 Å². The van der Waals surface area contributed by atoms with Gasteiger partial charge in [0.15, 0.2) is 0 Å². The molecular weight excluding hydrogens is 235 g/mol. The zero-order valence-electron chi connectivity index (χ0n) is 8.37. The molecule has 1 aromatic carbocycles. The highest BCUT2D eigenvalue weighted by molar-refractivity contribution is 6.31. The molecule has 1 rings (SSSR count). The van der Waals surface area contributed by atoms with Crippen molar-refractivity contribution in [2.75, 3.05) is 6.61 Å². The molecule has 2 nitrogen and oxygen atoms in total. The lowest BCUT2D eigenvalue weighted by Gasteiger charge is -2.11. The molecule has 0 aliphatic carbocycles. The molecule has 0 saturated heterocycles. The maximum absolute atomic E-state index is 9.99. The average Bonchev–Trinajstić information content (AvgIpc) is 2.21. The molecule has 0 spiro atoms. The second-order valence-electron chi connectivity index (χ2n) is 3.27. The molecule has 1 unspecified atom stereocenters. The van der Waals surface area contributed by atoms with Crippen molar-refractivity contribution in [2.45, 2.75) is 18.7 Å². The first-order chi connectivity index (χ1) is 7.15. The molecule has 0 aliphatic rings. The average molecular weight is 247 g/mol. The Balaban J connectivity index is 2.67. The predicted molar refractivity (Wildman–Crippen MR) is 61.6 cm³/mol. The zero-order chi connectivity index (χ0) is 11.3. The standard InChI is InChI=1S/C11H12Cl2O2/c1-8-3-2-4-11(13)10(8)5-9(12)6-15-7-14/h2-4,7,9H,5-6H2,1H3. The van der Waals surface area contributed by atoms with E-state index in [-0.39, 0.29) is 12.0 Å². The third-order valence-corrected chi connectivity index (χ3v) is 2.76. The van der Waals surface area contributed by atoms with Crippen LogP contribution in [0.4, 0.5) is 0 Å². The van der Waals surface area contributed by atoms with Crippen molar-refractivity contribution < 1.29 is 9.53 Å². The van der Waals surface area contributed by atoms with E-state index in [9.17, 15) is 4.79 Å². The van der Waals surface area contributed by atoms with E-state index in [0.717, 1.165) is 11.1 Å². The van der Waals surface area contributed by atoms with Crippen LogP contribution in [0.2, 0.25) is 5.02 Å². The molecule has 4 heteroatoms. The topological polar surface area (TPSA) is 26.3 Å². The van der Waals surface area contributed by atoms with E-state index >= 15 is 0 Å². The summed E-state index contributed by atoms with van der Waals surface area (Å²) in [6.45, 7) is 2.58. The molecule has 0 fully saturated rings. The molecule has 0 aliphatic heterocycles. The lowest BCUT2D eigenvalue weighted by atomic mass is 10.0. The first-order valence-corrected chi connectivity index (χ1v) is 5.40. The lowest BCUT2D eigenvalue weighted by Crippen LogP contribution is -2.12. The van der Waals surface area contributed by atoms with Crippen LogP contribution in [-0.2, 0) is 16.0 Å². The van der Waals surface area contributed by atoms with Crippen LogP contribution < -0.4 is 0 Å². The molecule has 0 amide bonds. The van der Waals surface area contributed by atoms with E-state index in [1.54, 1.807) is 0 Å². The second kappa shape index (κ2) is 5.99. The van der Waals surface area contributed by atoms with E-state index < -0.39 is 0 Å². The first-order valence-electron chi connectivity index (χ1n) is 4.58. The molecule has 15 heavy (non-hydrogen) atoms. The molecule has 0 radical (unpaired) electrons. The van der Waals surface area contributed by atoms with Crippen LogP contribution in [0.5, 0.6) is 0 Å². The van der Waals surface area contributed by atoms with E-state index in [1.807, 2.05) is 25.1 Å². The number of carbonyl (C=O) groups excluding carboxylic acids is 1. The van der Waals surface area contributed by atoms with Crippen LogP contribution >= 0.6 is 23.2 Å². The van der Waals surface area contributed by atoms with Crippen LogP contribution in [0.3, 0.4) is 0 Å². The van der Waals surface area contributed by atoms with Gasteiger partial charge in [0, 0.05) is 5.02 Å². The van der Waals surface area contributed by atoms with Gasteiger partial charge in [-0.1, -0.05) is 23.7 Å². The highest BCUT2D eigenvalue weighted by Crippen LogP contribution is 2.22. The summed E-state index contributed by atoms with van der Waals surface area (Å²) in [7, 11) is 0. The number of rotatable bonds is 5. The van der Waals surface area contributed by atoms with Crippen molar-refractivity contribution in [2.24, 2.45) is 0 Å². The molecule has 82 valence electrons. The fourth-order valence-corrected chi connectivity index (χ4v) is 1.88. The third kappa shape index (κ3) is 3.73. The quantitative estimate of drug-likeness (QED) is 0.590. The number of benzene rings is 1. The van der Waals surface area contributed by atoms with E-state index in [4.69, 9.17) is 23.2 Å². The summed E-state index contributed by atoms with van der Waals surface area (Å²) in [5.74, 6) is 0. The zero-order valence-corrected chi connectivity index (χ0v) is 9.89. The van der Waals surface area contributed by atoms with E-state index in [2.05, 4.69) is 4.74 Å². The van der Waals surface area contributed by atoms with Crippen molar-refractivity contribution in [1.29, 1.82) is 0 Å². The number of alkyl halides is 1. The van der Waals surface area contributed by atoms with Crippen molar-refractivity contribution in [3.63, 3.8) is 0 Å². The minimum absolute atomic E-state index is 0.204. The summed E-state index contributed by atoms with van der Waals surface area (Å²) in [4.78, 5) is 9.99. The molecule has 0 aromatic heterocycles. The summed E-state index contributed by atoms with van der Waals surface area (Å²) in [6.07, 6.45) is 0.598. The fourth-order valence-electron chi connectivity index (χ4n) is 1.35.